The smallest absolute Gasteiger partial charge is 0.0214 e. The molecule has 0 aromatic heterocycles. The third-order valence-electron chi connectivity index (χ3n) is 3.93. The molecule has 0 spiro atoms. The van der Waals surface area contributed by atoms with Crippen molar-refractivity contribution >= 4 is 10.8 Å². The Morgan fingerprint density at radius 1 is 1.06 bits per heavy atom. The summed E-state index contributed by atoms with van der Waals surface area (Å²) in [6.45, 7) is 0.943. The zero-order chi connectivity index (χ0) is 12.4. The molecule has 18 heavy (non-hydrogen) atoms. The summed E-state index contributed by atoms with van der Waals surface area (Å²) in [4.78, 5) is 0. The summed E-state index contributed by atoms with van der Waals surface area (Å²) in [7, 11) is 0. The first-order chi connectivity index (χ1) is 8.83. The van der Waals surface area contributed by atoms with Crippen molar-refractivity contribution in [3.8, 4) is 0 Å². The van der Waals surface area contributed by atoms with E-state index in [1.165, 1.54) is 22.8 Å². The molecule has 2 aromatic carbocycles. The van der Waals surface area contributed by atoms with E-state index in [0.717, 1.165) is 19.4 Å². The number of nitrogens with two attached hydrogens (primary N) is 1. The quantitative estimate of drug-likeness (QED) is 0.865. The zero-order valence-electron chi connectivity index (χ0n) is 10.6. The van der Waals surface area contributed by atoms with Crippen molar-refractivity contribution in [3.63, 3.8) is 0 Å². The van der Waals surface area contributed by atoms with Crippen LogP contribution >= 0.6 is 0 Å². The van der Waals surface area contributed by atoms with Crippen LogP contribution in [0.25, 0.3) is 10.8 Å². The summed E-state index contributed by atoms with van der Waals surface area (Å²) in [6.07, 6.45) is 3.49. The molecule has 0 radical (unpaired) electrons. The van der Waals surface area contributed by atoms with Gasteiger partial charge in [-0.2, -0.15) is 0 Å². The van der Waals surface area contributed by atoms with E-state index in [9.17, 15) is 0 Å². The van der Waals surface area contributed by atoms with Gasteiger partial charge in [0, 0.05) is 18.6 Å². The first-order valence-electron chi connectivity index (χ1n) is 6.78. The molecular weight excluding hydrogens is 220 g/mol. The lowest BCUT2D eigenvalue weighted by Crippen LogP contribution is -2.28. The van der Waals surface area contributed by atoms with E-state index in [0.29, 0.717) is 12.1 Å². The van der Waals surface area contributed by atoms with E-state index < -0.39 is 0 Å². The predicted octanol–water partition coefficient (Wildman–Crippen LogP) is 2.81. The summed E-state index contributed by atoms with van der Waals surface area (Å²) in [6, 6.07) is 16.1. The van der Waals surface area contributed by atoms with Crippen LogP contribution < -0.4 is 11.1 Å². The SMILES string of the molecule is NC1CCC(NCc2cccc3ccccc23)C1. The summed E-state index contributed by atoms with van der Waals surface area (Å²) in [5, 5.41) is 6.32. The molecule has 0 saturated heterocycles. The van der Waals surface area contributed by atoms with Gasteiger partial charge in [0.2, 0.25) is 0 Å². The van der Waals surface area contributed by atoms with Gasteiger partial charge in [0.15, 0.2) is 0 Å². The lowest BCUT2D eigenvalue weighted by Gasteiger charge is -2.13. The van der Waals surface area contributed by atoms with Crippen molar-refractivity contribution in [2.75, 3.05) is 0 Å². The number of benzene rings is 2. The number of hydrogen-bond acceptors (Lipinski definition) is 2. The van der Waals surface area contributed by atoms with Crippen LogP contribution in [-0.2, 0) is 6.54 Å². The van der Waals surface area contributed by atoms with Crippen LogP contribution in [0.4, 0.5) is 0 Å². The van der Waals surface area contributed by atoms with E-state index >= 15 is 0 Å². The molecule has 1 aliphatic carbocycles. The molecule has 1 aliphatic rings. The Balaban J connectivity index is 1.74. The highest BCUT2D eigenvalue weighted by molar-refractivity contribution is 5.85. The highest BCUT2D eigenvalue weighted by Gasteiger charge is 2.20. The van der Waals surface area contributed by atoms with Gasteiger partial charge in [0.05, 0.1) is 0 Å². The van der Waals surface area contributed by atoms with E-state index in [4.69, 9.17) is 5.73 Å². The average Bonchev–Trinajstić information content (AvgIpc) is 2.82. The summed E-state index contributed by atoms with van der Waals surface area (Å²) >= 11 is 0. The van der Waals surface area contributed by atoms with Crippen molar-refractivity contribution < 1.29 is 0 Å². The maximum absolute atomic E-state index is 5.94. The fourth-order valence-corrected chi connectivity index (χ4v) is 2.90. The molecule has 2 unspecified atom stereocenters. The number of nitrogens with one attached hydrogen (secondary N) is 1. The first kappa shape index (κ1) is 11.7. The highest BCUT2D eigenvalue weighted by atomic mass is 14.9. The Bertz CT molecular complexity index is 530. The summed E-state index contributed by atoms with van der Waals surface area (Å²) < 4.78 is 0. The second kappa shape index (κ2) is 5.09. The van der Waals surface area contributed by atoms with Gasteiger partial charge in [-0.1, -0.05) is 42.5 Å². The molecule has 2 heteroatoms. The second-order valence-electron chi connectivity index (χ2n) is 5.29. The van der Waals surface area contributed by atoms with E-state index in [1.807, 2.05) is 0 Å². The van der Waals surface area contributed by atoms with Gasteiger partial charge in [0.1, 0.15) is 0 Å². The van der Waals surface area contributed by atoms with Crippen molar-refractivity contribution in [2.45, 2.75) is 37.9 Å². The average molecular weight is 240 g/mol. The normalized spacial score (nSPS) is 23.6. The third kappa shape index (κ3) is 2.40. The minimum atomic E-state index is 0.398. The Morgan fingerprint density at radius 2 is 1.89 bits per heavy atom. The molecule has 1 fully saturated rings. The first-order valence-corrected chi connectivity index (χ1v) is 6.78. The lowest BCUT2D eigenvalue weighted by molar-refractivity contribution is 0.518. The summed E-state index contributed by atoms with van der Waals surface area (Å²) in [5.74, 6) is 0. The number of hydrogen-bond donors (Lipinski definition) is 2. The molecule has 0 heterocycles. The fraction of sp³-hybridized carbons (Fsp3) is 0.375. The zero-order valence-corrected chi connectivity index (χ0v) is 10.6. The maximum atomic E-state index is 5.94. The molecule has 0 aliphatic heterocycles. The van der Waals surface area contributed by atoms with Crippen molar-refractivity contribution in [2.24, 2.45) is 5.73 Å². The van der Waals surface area contributed by atoms with E-state index in [2.05, 4.69) is 47.8 Å². The number of rotatable bonds is 3. The topological polar surface area (TPSA) is 38.0 Å². The molecule has 2 nitrogen and oxygen atoms in total. The molecule has 3 N–H and O–H groups in total. The van der Waals surface area contributed by atoms with Crippen LogP contribution in [0.15, 0.2) is 42.5 Å². The van der Waals surface area contributed by atoms with Crippen LogP contribution in [0.2, 0.25) is 0 Å². The fourth-order valence-electron chi connectivity index (χ4n) is 2.90. The number of fused-ring (bicyclic) bond motifs is 1. The molecule has 1 saturated carbocycles. The van der Waals surface area contributed by atoms with Crippen LogP contribution in [0.5, 0.6) is 0 Å². The van der Waals surface area contributed by atoms with Gasteiger partial charge in [-0.25, -0.2) is 0 Å². The minimum absolute atomic E-state index is 0.398. The van der Waals surface area contributed by atoms with E-state index in [-0.39, 0.29) is 0 Å². The van der Waals surface area contributed by atoms with Crippen LogP contribution in [0.3, 0.4) is 0 Å². The molecule has 94 valence electrons. The summed E-state index contributed by atoms with van der Waals surface area (Å²) in [5.41, 5.74) is 7.33. The van der Waals surface area contributed by atoms with Gasteiger partial charge in [0.25, 0.3) is 0 Å². The van der Waals surface area contributed by atoms with Crippen LogP contribution in [-0.4, -0.2) is 12.1 Å². The van der Waals surface area contributed by atoms with Crippen molar-refractivity contribution in [1.29, 1.82) is 0 Å². The Morgan fingerprint density at radius 3 is 2.72 bits per heavy atom. The van der Waals surface area contributed by atoms with Crippen molar-refractivity contribution in [1.82, 2.24) is 5.32 Å². The monoisotopic (exact) mass is 240 g/mol. The van der Waals surface area contributed by atoms with Gasteiger partial charge >= 0.3 is 0 Å². The Kier molecular flexibility index (Phi) is 3.31. The van der Waals surface area contributed by atoms with Crippen LogP contribution in [0, 0.1) is 0 Å². The molecule has 3 rings (SSSR count). The standard InChI is InChI=1S/C16H20N2/c17-14-8-9-15(10-14)18-11-13-6-3-5-12-4-1-2-7-16(12)13/h1-7,14-15,18H,8-11,17H2. The largest absolute Gasteiger partial charge is 0.328 e. The Labute approximate surface area is 108 Å². The maximum Gasteiger partial charge on any atom is 0.0214 e. The van der Waals surface area contributed by atoms with Gasteiger partial charge < -0.3 is 11.1 Å². The Hall–Kier alpha value is -1.38. The van der Waals surface area contributed by atoms with Gasteiger partial charge in [-0.15, -0.1) is 0 Å². The lowest BCUT2D eigenvalue weighted by atomic mass is 10.0. The molecule has 2 aromatic rings. The highest BCUT2D eigenvalue weighted by Crippen LogP contribution is 2.21. The van der Waals surface area contributed by atoms with Crippen LogP contribution in [0.1, 0.15) is 24.8 Å². The van der Waals surface area contributed by atoms with Gasteiger partial charge in [-0.05, 0) is 35.6 Å². The predicted molar refractivity (Wildman–Crippen MR) is 76.4 cm³/mol. The molecule has 2 atom stereocenters. The van der Waals surface area contributed by atoms with Crippen molar-refractivity contribution in [3.05, 3.63) is 48.0 Å². The molecule has 0 amide bonds. The molecule has 0 bridgehead atoms. The molecular formula is C16H20N2. The third-order valence-corrected chi connectivity index (χ3v) is 3.93. The second-order valence-corrected chi connectivity index (χ2v) is 5.29. The minimum Gasteiger partial charge on any atom is -0.328 e. The van der Waals surface area contributed by atoms with Gasteiger partial charge in [-0.3, -0.25) is 0 Å². The van der Waals surface area contributed by atoms with E-state index in [1.54, 1.807) is 0 Å².